The van der Waals surface area contributed by atoms with Crippen molar-refractivity contribution in [2.75, 3.05) is 13.1 Å². The lowest BCUT2D eigenvalue weighted by Crippen LogP contribution is -2.63. The summed E-state index contributed by atoms with van der Waals surface area (Å²) in [6.07, 6.45) is 0. The van der Waals surface area contributed by atoms with E-state index < -0.39 is 39.2 Å². The first-order valence-corrected chi connectivity index (χ1v) is 10.5. The highest BCUT2D eigenvalue weighted by atomic mass is 35.5. The van der Waals surface area contributed by atoms with Gasteiger partial charge in [0.1, 0.15) is 0 Å². The van der Waals surface area contributed by atoms with E-state index in [-0.39, 0.29) is 42.1 Å². The normalized spacial score (nSPS) is 12.5. The molecule has 0 spiro atoms. The summed E-state index contributed by atoms with van der Waals surface area (Å²) in [5.41, 5.74) is 7.92. The largest absolute Gasteiger partial charge is 0.478 e. The average Bonchev–Trinajstić information content (AvgIpc) is 3.21. The minimum atomic E-state index is -4.29. The van der Waals surface area contributed by atoms with Gasteiger partial charge in [0.25, 0.3) is 11.8 Å². The van der Waals surface area contributed by atoms with E-state index in [0.717, 1.165) is 13.0 Å². The smallest absolute Gasteiger partial charge is 0.345 e. The Bertz CT molecular complexity index is 1130. The van der Waals surface area contributed by atoms with Crippen LogP contribution in [0.4, 0.5) is 0 Å². The number of carboxylic acids is 1. The molecule has 0 unspecified atom stereocenters. The number of halogens is 1. The molecular weight excluding hydrogens is 480 g/mol. The van der Waals surface area contributed by atoms with Crippen molar-refractivity contribution in [3.63, 3.8) is 0 Å². The molecule has 13 nitrogen and oxygen atoms in total. The number of hydrogen-bond donors (Lipinski definition) is 6. The van der Waals surface area contributed by atoms with Crippen molar-refractivity contribution < 1.29 is 32.3 Å². The SMILES string of the molecule is C[C@](NC(=O)c1ccc(C(=O)NCCN=C(N)N)o1)(NS(=O)(=O)c1ccccc1)C(=O)O.Cl. The molecule has 0 bridgehead atoms. The standard InChI is InChI=1S/C18H22N6O7S.ClH/c1-18(16(27)28,24-32(29,30)11-5-3-2-4-6-11)23-15(26)13-8-7-12(31-13)14(25)21-9-10-22-17(19)20;/h2-8,24H,9-10H2,1H3,(H,21,25)(H,23,26)(H,27,28)(H4,19,20,22);1H/t18-;/m0./s1. The molecule has 0 radical (unpaired) electrons. The number of furan rings is 1. The number of nitrogens with zero attached hydrogens (tertiary/aromatic N) is 1. The van der Waals surface area contributed by atoms with Crippen molar-refractivity contribution in [2.24, 2.45) is 16.5 Å². The monoisotopic (exact) mass is 502 g/mol. The van der Waals surface area contributed by atoms with Gasteiger partial charge in [0, 0.05) is 6.54 Å². The molecule has 2 aromatic rings. The molecule has 0 saturated carbocycles. The van der Waals surface area contributed by atoms with Crippen molar-refractivity contribution in [3.05, 3.63) is 54.0 Å². The van der Waals surface area contributed by atoms with E-state index in [9.17, 15) is 27.9 Å². The summed E-state index contributed by atoms with van der Waals surface area (Å²) in [6.45, 7) is 1.17. The predicted molar refractivity (Wildman–Crippen MR) is 119 cm³/mol. The van der Waals surface area contributed by atoms with E-state index in [2.05, 4.69) is 15.6 Å². The molecule has 15 heteroatoms. The number of nitrogens with two attached hydrogens (primary N) is 2. The molecule has 2 rings (SSSR count). The number of carbonyl (C=O) groups is 3. The van der Waals surface area contributed by atoms with Gasteiger partial charge in [-0.15, -0.1) is 12.4 Å². The number of amides is 2. The Labute approximate surface area is 195 Å². The third-order valence-corrected chi connectivity index (χ3v) is 5.50. The number of carboxylic acid groups (broad SMARTS) is 1. The van der Waals surface area contributed by atoms with Crippen molar-refractivity contribution >= 4 is 46.2 Å². The third kappa shape index (κ3) is 7.48. The maximum absolute atomic E-state index is 12.5. The maximum atomic E-state index is 12.5. The zero-order valence-electron chi connectivity index (χ0n) is 17.3. The highest BCUT2D eigenvalue weighted by Gasteiger charge is 2.40. The van der Waals surface area contributed by atoms with Crippen LogP contribution in [0, 0.1) is 0 Å². The molecule has 0 aliphatic rings. The predicted octanol–water partition coefficient (Wildman–Crippen LogP) is -0.786. The quantitative estimate of drug-likeness (QED) is 0.103. The summed E-state index contributed by atoms with van der Waals surface area (Å²) in [5, 5.41) is 14.0. The fraction of sp³-hybridized carbons (Fsp3) is 0.222. The van der Waals surface area contributed by atoms with Gasteiger partial charge < -0.3 is 31.6 Å². The van der Waals surface area contributed by atoms with Crippen LogP contribution in [0.3, 0.4) is 0 Å². The Kier molecular flexibility index (Phi) is 9.39. The van der Waals surface area contributed by atoms with Crippen LogP contribution in [-0.4, -0.2) is 56.0 Å². The summed E-state index contributed by atoms with van der Waals surface area (Å²) in [4.78, 5) is 39.7. The third-order valence-electron chi connectivity index (χ3n) is 3.93. The van der Waals surface area contributed by atoms with Gasteiger partial charge >= 0.3 is 5.97 Å². The van der Waals surface area contributed by atoms with Crippen molar-refractivity contribution in [1.29, 1.82) is 0 Å². The fourth-order valence-electron chi connectivity index (χ4n) is 2.36. The van der Waals surface area contributed by atoms with E-state index >= 15 is 0 Å². The van der Waals surface area contributed by atoms with Gasteiger partial charge in [-0.05, 0) is 31.2 Å². The Morgan fingerprint density at radius 1 is 1.06 bits per heavy atom. The van der Waals surface area contributed by atoms with Crippen LogP contribution < -0.4 is 26.8 Å². The van der Waals surface area contributed by atoms with Crippen molar-refractivity contribution in [1.82, 2.24) is 15.4 Å². The molecule has 0 aliphatic carbocycles. The van der Waals surface area contributed by atoms with Crippen LogP contribution in [0.15, 0.2) is 56.8 Å². The molecule has 2 amide bonds. The summed E-state index contributed by atoms with van der Waals surface area (Å²) in [6, 6.07) is 9.35. The number of nitrogens with one attached hydrogen (secondary N) is 3. The second kappa shape index (κ2) is 11.3. The highest BCUT2D eigenvalue weighted by Crippen LogP contribution is 2.14. The number of carbonyl (C=O) groups excluding carboxylic acids is 2. The van der Waals surface area contributed by atoms with Crippen LogP contribution in [0.25, 0.3) is 0 Å². The number of benzene rings is 1. The topological polar surface area (TPSA) is 219 Å². The molecule has 1 aromatic carbocycles. The Morgan fingerprint density at radius 3 is 2.18 bits per heavy atom. The van der Waals surface area contributed by atoms with Crippen molar-refractivity contribution in [2.45, 2.75) is 17.5 Å². The van der Waals surface area contributed by atoms with Crippen molar-refractivity contribution in [3.8, 4) is 0 Å². The first-order chi connectivity index (χ1) is 14.9. The van der Waals surface area contributed by atoms with Gasteiger partial charge in [-0.2, -0.15) is 4.72 Å². The van der Waals surface area contributed by atoms with E-state index in [4.69, 9.17) is 15.9 Å². The molecule has 1 atom stereocenters. The molecule has 1 aromatic heterocycles. The Hall–Kier alpha value is -3.62. The van der Waals surface area contributed by atoms with Crippen LogP contribution in [0.5, 0.6) is 0 Å². The minimum Gasteiger partial charge on any atom is -0.478 e. The Morgan fingerprint density at radius 2 is 1.64 bits per heavy atom. The van der Waals surface area contributed by atoms with E-state index in [1.165, 1.54) is 30.3 Å². The lowest BCUT2D eigenvalue weighted by atomic mass is 10.2. The van der Waals surface area contributed by atoms with E-state index in [1.54, 1.807) is 6.07 Å². The first kappa shape index (κ1) is 27.4. The van der Waals surface area contributed by atoms with Gasteiger partial charge in [0.15, 0.2) is 17.5 Å². The number of aliphatic imine (C=N–C) groups is 1. The minimum absolute atomic E-state index is 0. The lowest BCUT2D eigenvalue weighted by Gasteiger charge is -2.26. The van der Waals surface area contributed by atoms with Crippen LogP contribution in [0.2, 0.25) is 0 Å². The number of hydrogen-bond acceptors (Lipinski definition) is 7. The molecule has 1 heterocycles. The molecule has 8 N–H and O–H groups in total. The molecular formula is C18H23ClN6O7S. The number of aliphatic carboxylic acids is 1. The van der Waals surface area contributed by atoms with Crippen LogP contribution >= 0.6 is 12.4 Å². The zero-order valence-corrected chi connectivity index (χ0v) is 18.9. The van der Waals surface area contributed by atoms with Gasteiger partial charge in [-0.3, -0.25) is 14.6 Å². The number of sulfonamides is 1. The second-order valence-electron chi connectivity index (χ2n) is 6.53. The highest BCUT2D eigenvalue weighted by molar-refractivity contribution is 7.89. The lowest BCUT2D eigenvalue weighted by molar-refractivity contribution is -0.144. The molecule has 180 valence electrons. The first-order valence-electron chi connectivity index (χ1n) is 9.03. The van der Waals surface area contributed by atoms with Gasteiger partial charge in [0.05, 0.1) is 11.4 Å². The number of guanidine groups is 1. The zero-order chi connectivity index (χ0) is 23.9. The molecule has 0 aliphatic heterocycles. The summed E-state index contributed by atoms with van der Waals surface area (Å²) >= 11 is 0. The Balaban J connectivity index is 0.00000544. The molecule has 0 fully saturated rings. The number of rotatable bonds is 10. The van der Waals surface area contributed by atoms with E-state index in [0.29, 0.717) is 0 Å². The molecule has 0 saturated heterocycles. The summed E-state index contributed by atoms with van der Waals surface area (Å²) in [5.74, 6) is -4.19. The maximum Gasteiger partial charge on any atom is 0.345 e. The van der Waals surface area contributed by atoms with E-state index in [1.807, 2.05) is 4.72 Å². The van der Waals surface area contributed by atoms with Gasteiger partial charge in [-0.1, -0.05) is 18.2 Å². The summed E-state index contributed by atoms with van der Waals surface area (Å²) in [7, 11) is -4.29. The fourth-order valence-corrected chi connectivity index (χ4v) is 3.67. The second-order valence-corrected chi connectivity index (χ2v) is 8.21. The van der Waals surface area contributed by atoms with Gasteiger partial charge in [-0.25, -0.2) is 13.2 Å². The molecule has 33 heavy (non-hydrogen) atoms. The van der Waals surface area contributed by atoms with Gasteiger partial charge in [0.2, 0.25) is 15.7 Å². The van der Waals surface area contributed by atoms with Crippen LogP contribution in [0.1, 0.15) is 28.0 Å². The summed E-state index contributed by atoms with van der Waals surface area (Å²) < 4.78 is 32.1. The average molecular weight is 503 g/mol. The van der Waals surface area contributed by atoms with Crippen LogP contribution in [-0.2, 0) is 14.8 Å².